The molecule has 2 aromatic rings. The number of nitrogens with one attached hydrogen (secondary N) is 1. The highest BCUT2D eigenvalue weighted by Gasteiger charge is 2.19. The molecule has 2 aromatic carbocycles. The first-order valence-electron chi connectivity index (χ1n) is 8.26. The van der Waals surface area contributed by atoms with Crippen molar-refractivity contribution in [1.82, 2.24) is 0 Å². The molecule has 2 rings (SSSR count). The molecule has 0 aromatic heterocycles. The van der Waals surface area contributed by atoms with Crippen LogP contribution in [-0.2, 0) is 14.8 Å². The van der Waals surface area contributed by atoms with Crippen molar-refractivity contribution in [3.05, 3.63) is 58.1 Å². The van der Waals surface area contributed by atoms with Crippen LogP contribution in [0.4, 0.5) is 17.1 Å². The number of carbonyl (C=O) groups excluding carboxylic acids is 1. The van der Waals surface area contributed by atoms with Crippen LogP contribution in [0.15, 0.2) is 42.5 Å². The third kappa shape index (κ3) is 4.97. The number of amides is 1. The Hall–Kier alpha value is -3.14. The average Bonchev–Trinajstić information content (AvgIpc) is 2.62. The van der Waals surface area contributed by atoms with Crippen molar-refractivity contribution in [2.75, 3.05) is 22.9 Å². The molecule has 150 valence electrons. The molecule has 1 unspecified atom stereocenters. The first kappa shape index (κ1) is 21.2. The van der Waals surface area contributed by atoms with Crippen LogP contribution in [0.3, 0.4) is 0 Å². The van der Waals surface area contributed by atoms with E-state index in [0.717, 1.165) is 10.6 Å². The summed E-state index contributed by atoms with van der Waals surface area (Å²) < 4.78 is 29.8. The molecule has 0 bridgehead atoms. The van der Waals surface area contributed by atoms with Crippen LogP contribution >= 0.6 is 0 Å². The molecule has 1 amide bonds. The van der Waals surface area contributed by atoms with E-state index >= 15 is 0 Å². The van der Waals surface area contributed by atoms with Crippen molar-refractivity contribution in [3.8, 4) is 5.75 Å². The quantitative estimate of drug-likeness (QED) is 0.557. The zero-order chi connectivity index (χ0) is 21.1. The highest BCUT2D eigenvalue weighted by Crippen LogP contribution is 2.26. The van der Waals surface area contributed by atoms with Gasteiger partial charge in [0.05, 0.1) is 28.1 Å². The van der Waals surface area contributed by atoms with E-state index in [0.29, 0.717) is 22.7 Å². The molecule has 0 fully saturated rings. The fourth-order valence-corrected chi connectivity index (χ4v) is 2.88. The Balaban J connectivity index is 2.07. The van der Waals surface area contributed by atoms with Crippen molar-refractivity contribution >= 4 is 33.0 Å². The summed E-state index contributed by atoms with van der Waals surface area (Å²) in [6.45, 7) is 3.09. The number of anilines is 2. The van der Waals surface area contributed by atoms with Crippen LogP contribution in [0.25, 0.3) is 0 Å². The summed E-state index contributed by atoms with van der Waals surface area (Å²) >= 11 is 0. The van der Waals surface area contributed by atoms with Crippen molar-refractivity contribution in [1.29, 1.82) is 0 Å². The number of nitrogens with zero attached hydrogens (tertiary/aromatic N) is 2. The zero-order valence-corrected chi connectivity index (χ0v) is 16.7. The SMILES string of the molecule is Cc1c(NC(=O)C(C)Oc2ccc(N(C)S(C)(=O)=O)cc2)cccc1[N+](=O)[O-]. The molecule has 1 atom stereocenters. The largest absolute Gasteiger partial charge is 0.481 e. The van der Waals surface area contributed by atoms with Gasteiger partial charge in [-0.2, -0.15) is 0 Å². The predicted molar refractivity (Wildman–Crippen MR) is 106 cm³/mol. The molecule has 0 saturated carbocycles. The summed E-state index contributed by atoms with van der Waals surface area (Å²) in [4.78, 5) is 22.8. The maximum Gasteiger partial charge on any atom is 0.274 e. The number of carbonyl (C=O) groups is 1. The summed E-state index contributed by atoms with van der Waals surface area (Å²) in [5.74, 6) is -0.0926. The molecule has 0 aliphatic carbocycles. The van der Waals surface area contributed by atoms with Crippen LogP contribution in [0, 0.1) is 17.0 Å². The van der Waals surface area contributed by atoms with Crippen molar-refractivity contribution < 1.29 is 22.9 Å². The Bertz CT molecular complexity index is 989. The number of sulfonamides is 1. The number of nitro benzene ring substituents is 1. The van der Waals surface area contributed by atoms with Gasteiger partial charge in [0.25, 0.3) is 11.6 Å². The first-order chi connectivity index (χ1) is 13.0. The van der Waals surface area contributed by atoms with E-state index in [-0.39, 0.29) is 5.69 Å². The number of nitro groups is 1. The number of rotatable bonds is 7. The Morgan fingerprint density at radius 3 is 2.36 bits per heavy atom. The number of hydrogen-bond acceptors (Lipinski definition) is 6. The van der Waals surface area contributed by atoms with Gasteiger partial charge in [0.1, 0.15) is 5.75 Å². The van der Waals surface area contributed by atoms with Gasteiger partial charge in [-0.1, -0.05) is 6.07 Å². The highest BCUT2D eigenvalue weighted by atomic mass is 32.2. The maximum atomic E-state index is 12.4. The molecular formula is C18H21N3O6S. The van der Waals surface area contributed by atoms with E-state index in [2.05, 4.69) is 5.32 Å². The lowest BCUT2D eigenvalue weighted by Crippen LogP contribution is -2.30. The van der Waals surface area contributed by atoms with Gasteiger partial charge in [-0.25, -0.2) is 8.42 Å². The zero-order valence-electron chi connectivity index (χ0n) is 15.9. The Morgan fingerprint density at radius 2 is 1.82 bits per heavy atom. The Morgan fingerprint density at radius 1 is 1.21 bits per heavy atom. The monoisotopic (exact) mass is 407 g/mol. The van der Waals surface area contributed by atoms with Crippen LogP contribution < -0.4 is 14.4 Å². The Kier molecular flexibility index (Phi) is 6.24. The molecule has 0 heterocycles. The van der Waals surface area contributed by atoms with Crippen molar-refractivity contribution in [2.24, 2.45) is 0 Å². The van der Waals surface area contributed by atoms with Crippen molar-refractivity contribution in [3.63, 3.8) is 0 Å². The van der Waals surface area contributed by atoms with Crippen LogP contribution in [0.2, 0.25) is 0 Å². The van der Waals surface area contributed by atoms with Crippen LogP contribution in [0.1, 0.15) is 12.5 Å². The van der Waals surface area contributed by atoms with Gasteiger partial charge in [0.15, 0.2) is 6.10 Å². The average molecular weight is 407 g/mol. The van der Waals surface area contributed by atoms with Crippen molar-refractivity contribution in [2.45, 2.75) is 20.0 Å². The summed E-state index contributed by atoms with van der Waals surface area (Å²) in [6.07, 6.45) is 0.219. The maximum absolute atomic E-state index is 12.4. The van der Waals surface area contributed by atoms with E-state index < -0.39 is 27.0 Å². The smallest absolute Gasteiger partial charge is 0.274 e. The predicted octanol–water partition coefficient (Wildman–Crippen LogP) is 2.71. The van der Waals surface area contributed by atoms with E-state index in [1.807, 2.05) is 0 Å². The van der Waals surface area contributed by atoms with Gasteiger partial charge < -0.3 is 10.1 Å². The topological polar surface area (TPSA) is 119 Å². The van der Waals surface area contributed by atoms with E-state index in [9.17, 15) is 23.3 Å². The van der Waals surface area contributed by atoms with Gasteiger partial charge in [0.2, 0.25) is 10.0 Å². The highest BCUT2D eigenvalue weighted by molar-refractivity contribution is 7.92. The van der Waals surface area contributed by atoms with E-state index in [4.69, 9.17) is 4.74 Å². The summed E-state index contributed by atoms with van der Waals surface area (Å²) in [5, 5.41) is 13.6. The molecule has 1 N–H and O–H groups in total. The fourth-order valence-electron chi connectivity index (χ4n) is 2.37. The molecular weight excluding hydrogens is 386 g/mol. The molecule has 28 heavy (non-hydrogen) atoms. The lowest BCUT2D eigenvalue weighted by molar-refractivity contribution is -0.385. The third-order valence-electron chi connectivity index (χ3n) is 4.14. The molecule has 0 saturated heterocycles. The fraction of sp³-hybridized carbons (Fsp3) is 0.278. The van der Waals surface area contributed by atoms with Gasteiger partial charge >= 0.3 is 0 Å². The number of hydrogen-bond donors (Lipinski definition) is 1. The van der Waals surface area contributed by atoms with Crippen LogP contribution in [-0.4, -0.2) is 38.7 Å². The van der Waals surface area contributed by atoms with Gasteiger partial charge in [-0.3, -0.25) is 19.2 Å². The first-order valence-corrected chi connectivity index (χ1v) is 10.1. The second-order valence-corrected chi connectivity index (χ2v) is 8.19. The van der Waals surface area contributed by atoms with Gasteiger partial charge in [-0.15, -0.1) is 0 Å². The van der Waals surface area contributed by atoms with Crippen LogP contribution in [0.5, 0.6) is 5.75 Å². The normalized spacial score (nSPS) is 12.1. The van der Waals surface area contributed by atoms with E-state index in [1.165, 1.54) is 19.2 Å². The second-order valence-electron chi connectivity index (χ2n) is 6.18. The summed E-state index contributed by atoms with van der Waals surface area (Å²) in [7, 11) is -1.94. The lowest BCUT2D eigenvalue weighted by Gasteiger charge is -2.18. The molecule has 0 spiro atoms. The summed E-state index contributed by atoms with van der Waals surface area (Å²) in [6, 6.07) is 10.7. The standard InChI is InChI=1S/C18H21N3O6S/c1-12-16(6-5-7-17(12)21(23)24)19-18(22)13(2)27-15-10-8-14(9-11-15)20(3)28(4,25)26/h5-11,13H,1-4H3,(H,19,22). The number of ether oxygens (including phenoxy) is 1. The van der Waals surface area contributed by atoms with E-state index in [1.54, 1.807) is 44.2 Å². The minimum atomic E-state index is -3.37. The number of benzene rings is 2. The molecule has 9 nitrogen and oxygen atoms in total. The summed E-state index contributed by atoms with van der Waals surface area (Å²) in [5.41, 5.74) is 1.05. The molecule has 0 aliphatic heterocycles. The molecule has 0 radical (unpaired) electrons. The molecule has 10 heteroatoms. The van der Waals surface area contributed by atoms with Gasteiger partial charge in [0, 0.05) is 13.1 Å². The minimum Gasteiger partial charge on any atom is -0.481 e. The second kappa shape index (κ2) is 8.26. The Labute approximate surface area is 163 Å². The lowest BCUT2D eigenvalue weighted by atomic mass is 10.1. The third-order valence-corrected chi connectivity index (χ3v) is 5.35. The minimum absolute atomic E-state index is 0.0862. The molecule has 0 aliphatic rings. The van der Waals surface area contributed by atoms with Gasteiger partial charge in [-0.05, 0) is 44.2 Å².